The van der Waals surface area contributed by atoms with E-state index in [1.165, 1.54) is 19.3 Å². The Bertz CT molecular complexity index is 230. The lowest BCUT2D eigenvalue weighted by molar-refractivity contribution is -0.151. The molecule has 0 N–H and O–H groups in total. The van der Waals surface area contributed by atoms with Gasteiger partial charge in [-0.3, -0.25) is 9.69 Å². The summed E-state index contributed by atoms with van der Waals surface area (Å²) < 4.78 is 5.22. The summed E-state index contributed by atoms with van der Waals surface area (Å²) in [5.74, 6) is -0.0188. The van der Waals surface area contributed by atoms with E-state index in [2.05, 4.69) is 18.7 Å². The van der Waals surface area contributed by atoms with Crippen LogP contribution in [0.25, 0.3) is 0 Å². The molecule has 3 nitrogen and oxygen atoms in total. The topological polar surface area (TPSA) is 29.5 Å². The fourth-order valence-electron chi connectivity index (χ4n) is 2.80. The minimum Gasteiger partial charge on any atom is -0.465 e. The van der Waals surface area contributed by atoms with Crippen LogP contribution in [-0.4, -0.2) is 36.1 Å². The molecule has 1 aliphatic rings. The third-order valence-electron chi connectivity index (χ3n) is 3.67. The fourth-order valence-corrected chi connectivity index (χ4v) is 2.80. The summed E-state index contributed by atoms with van der Waals surface area (Å²) >= 11 is 0. The van der Waals surface area contributed by atoms with E-state index >= 15 is 0 Å². The molecular formula is C14H27NO2. The Labute approximate surface area is 106 Å². The minimum atomic E-state index is -0.0188. The third kappa shape index (κ3) is 3.98. The Balaban J connectivity index is 2.69. The predicted octanol–water partition coefficient (Wildman–Crippen LogP) is 2.98. The second-order valence-electron chi connectivity index (χ2n) is 4.85. The Morgan fingerprint density at radius 3 is 2.71 bits per heavy atom. The molecule has 2 unspecified atom stereocenters. The smallest absolute Gasteiger partial charge is 0.323 e. The van der Waals surface area contributed by atoms with Crippen molar-refractivity contribution in [2.45, 2.75) is 71.4 Å². The summed E-state index contributed by atoms with van der Waals surface area (Å²) in [6.07, 6.45) is 6.86. The van der Waals surface area contributed by atoms with Crippen LogP contribution in [0.1, 0.15) is 59.3 Å². The quantitative estimate of drug-likeness (QED) is 0.670. The summed E-state index contributed by atoms with van der Waals surface area (Å²) in [6.45, 7) is 7.79. The average molecular weight is 241 g/mol. The lowest BCUT2D eigenvalue weighted by Gasteiger charge is -2.39. The highest BCUT2D eigenvalue weighted by atomic mass is 16.5. The first-order valence-electron chi connectivity index (χ1n) is 7.16. The number of carbonyl (C=O) groups is 1. The van der Waals surface area contributed by atoms with Crippen molar-refractivity contribution in [1.82, 2.24) is 4.90 Å². The number of ether oxygens (including phenoxy) is 1. The highest BCUT2D eigenvalue weighted by Crippen LogP contribution is 2.24. The van der Waals surface area contributed by atoms with Crippen molar-refractivity contribution in [3.8, 4) is 0 Å². The van der Waals surface area contributed by atoms with Gasteiger partial charge in [0.05, 0.1) is 6.61 Å². The van der Waals surface area contributed by atoms with Crippen LogP contribution in [0.15, 0.2) is 0 Å². The van der Waals surface area contributed by atoms with Crippen LogP contribution >= 0.6 is 0 Å². The third-order valence-corrected chi connectivity index (χ3v) is 3.67. The lowest BCUT2D eigenvalue weighted by Crippen LogP contribution is -2.50. The lowest BCUT2D eigenvalue weighted by atomic mass is 9.96. The van der Waals surface area contributed by atoms with Crippen LogP contribution in [0.3, 0.4) is 0 Å². The van der Waals surface area contributed by atoms with E-state index in [1.54, 1.807) is 0 Å². The molecular weight excluding hydrogens is 214 g/mol. The highest BCUT2D eigenvalue weighted by Gasteiger charge is 2.32. The van der Waals surface area contributed by atoms with Crippen molar-refractivity contribution in [2.75, 3.05) is 13.2 Å². The monoisotopic (exact) mass is 241 g/mol. The molecule has 2 atom stereocenters. The van der Waals surface area contributed by atoms with Gasteiger partial charge < -0.3 is 4.74 Å². The van der Waals surface area contributed by atoms with Gasteiger partial charge in [0.15, 0.2) is 0 Å². The normalized spacial score (nSPS) is 23.4. The van der Waals surface area contributed by atoms with E-state index in [0.29, 0.717) is 12.6 Å². The summed E-state index contributed by atoms with van der Waals surface area (Å²) in [4.78, 5) is 14.4. The molecule has 0 amide bonds. The maximum Gasteiger partial charge on any atom is 0.323 e. The van der Waals surface area contributed by atoms with Crippen LogP contribution in [0.4, 0.5) is 0 Å². The van der Waals surface area contributed by atoms with E-state index in [4.69, 9.17) is 4.74 Å². The van der Waals surface area contributed by atoms with E-state index in [-0.39, 0.29) is 12.0 Å². The van der Waals surface area contributed by atoms with Crippen LogP contribution in [0.2, 0.25) is 0 Å². The molecule has 0 saturated carbocycles. The van der Waals surface area contributed by atoms with Crippen molar-refractivity contribution in [3.05, 3.63) is 0 Å². The summed E-state index contributed by atoms with van der Waals surface area (Å²) in [7, 11) is 0. The van der Waals surface area contributed by atoms with Crippen molar-refractivity contribution < 1.29 is 9.53 Å². The largest absolute Gasteiger partial charge is 0.465 e. The van der Waals surface area contributed by atoms with Gasteiger partial charge in [0.2, 0.25) is 0 Å². The van der Waals surface area contributed by atoms with Crippen molar-refractivity contribution >= 4 is 5.97 Å². The number of carbonyl (C=O) groups excluding carboxylic acids is 1. The van der Waals surface area contributed by atoms with Crippen LogP contribution in [-0.2, 0) is 9.53 Å². The maximum absolute atomic E-state index is 12.0. The van der Waals surface area contributed by atoms with Gasteiger partial charge in [-0.05, 0) is 39.2 Å². The van der Waals surface area contributed by atoms with Crippen LogP contribution in [0.5, 0.6) is 0 Å². The Morgan fingerprint density at radius 1 is 1.35 bits per heavy atom. The molecule has 1 rings (SSSR count). The van der Waals surface area contributed by atoms with Gasteiger partial charge in [-0.15, -0.1) is 0 Å². The molecule has 0 aromatic heterocycles. The number of hydrogen-bond donors (Lipinski definition) is 0. The van der Waals surface area contributed by atoms with Gasteiger partial charge in [-0.25, -0.2) is 0 Å². The molecule has 100 valence electrons. The van der Waals surface area contributed by atoms with Gasteiger partial charge in [-0.2, -0.15) is 0 Å². The molecule has 1 fully saturated rings. The first kappa shape index (κ1) is 14.5. The minimum absolute atomic E-state index is 0.00907. The second-order valence-corrected chi connectivity index (χ2v) is 4.85. The van der Waals surface area contributed by atoms with Gasteiger partial charge in [0, 0.05) is 6.04 Å². The van der Waals surface area contributed by atoms with Crippen LogP contribution in [0, 0.1) is 0 Å². The van der Waals surface area contributed by atoms with Crippen LogP contribution < -0.4 is 0 Å². The summed E-state index contributed by atoms with van der Waals surface area (Å²) in [5.41, 5.74) is 0. The van der Waals surface area contributed by atoms with Gasteiger partial charge in [0.1, 0.15) is 6.04 Å². The Morgan fingerprint density at radius 2 is 2.12 bits per heavy atom. The first-order chi connectivity index (χ1) is 8.24. The molecule has 0 radical (unpaired) electrons. The highest BCUT2D eigenvalue weighted by molar-refractivity contribution is 5.75. The molecule has 0 aliphatic carbocycles. The standard InChI is InChI=1S/C14H27NO2/c1-4-9-13(14(16)17-6-3)15-11-8-7-10-12(15)5-2/h12-13H,4-11H2,1-3H3. The number of piperidine rings is 1. The van der Waals surface area contributed by atoms with Crippen molar-refractivity contribution in [2.24, 2.45) is 0 Å². The molecule has 1 heterocycles. The zero-order valence-electron chi connectivity index (χ0n) is 11.6. The predicted molar refractivity (Wildman–Crippen MR) is 70.0 cm³/mol. The maximum atomic E-state index is 12.0. The zero-order valence-corrected chi connectivity index (χ0v) is 11.6. The van der Waals surface area contributed by atoms with Gasteiger partial charge in [-0.1, -0.05) is 26.7 Å². The van der Waals surface area contributed by atoms with Gasteiger partial charge in [0.25, 0.3) is 0 Å². The van der Waals surface area contributed by atoms with E-state index < -0.39 is 0 Å². The molecule has 17 heavy (non-hydrogen) atoms. The average Bonchev–Trinajstić information content (AvgIpc) is 2.36. The number of likely N-dealkylation sites (tertiary alicyclic amines) is 1. The molecule has 3 heteroatoms. The Kier molecular flexibility index (Phi) is 6.56. The first-order valence-corrected chi connectivity index (χ1v) is 7.16. The number of esters is 1. The Hall–Kier alpha value is -0.570. The summed E-state index contributed by atoms with van der Waals surface area (Å²) in [6, 6.07) is 0.565. The summed E-state index contributed by atoms with van der Waals surface area (Å²) in [5, 5.41) is 0. The molecule has 0 aromatic rings. The second kappa shape index (κ2) is 7.70. The number of hydrogen-bond acceptors (Lipinski definition) is 3. The van der Waals surface area contributed by atoms with Crippen molar-refractivity contribution in [3.63, 3.8) is 0 Å². The molecule has 1 saturated heterocycles. The fraction of sp³-hybridized carbons (Fsp3) is 0.929. The molecule has 0 bridgehead atoms. The van der Waals surface area contributed by atoms with E-state index in [9.17, 15) is 4.79 Å². The SMILES string of the molecule is CCCC(C(=O)OCC)N1CCCCC1CC. The van der Waals surface area contributed by atoms with E-state index in [0.717, 1.165) is 25.8 Å². The molecule has 0 aromatic carbocycles. The number of rotatable bonds is 6. The van der Waals surface area contributed by atoms with Gasteiger partial charge >= 0.3 is 5.97 Å². The van der Waals surface area contributed by atoms with Crippen molar-refractivity contribution in [1.29, 1.82) is 0 Å². The van der Waals surface area contributed by atoms with E-state index in [1.807, 2.05) is 6.92 Å². The molecule has 0 spiro atoms. The zero-order chi connectivity index (χ0) is 12.7. The molecule has 1 aliphatic heterocycles. The number of nitrogens with zero attached hydrogens (tertiary/aromatic N) is 1.